The quantitative estimate of drug-likeness (QED) is 0.739. The van der Waals surface area contributed by atoms with E-state index in [-0.39, 0.29) is 23.8 Å². The highest BCUT2D eigenvalue weighted by Gasteiger charge is 2.23. The molecular formula is C21H23N3O2. The summed E-state index contributed by atoms with van der Waals surface area (Å²) in [6.07, 6.45) is 0.313. The fourth-order valence-electron chi connectivity index (χ4n) is 3.10. The number of carbonyl (C=O) groups excluding carboxylic acids is 2. The summed E-state index contributed by atoms with van der Waals surface area (Å²) in [7, 11) is 0. The smallest absolute Gasteiger partial charge is 0.224 e. The molecule has 0 bridgehead atoms. The van der Waals surface area contributed by atoms with Crippen molar-refractivity contribution in [3.8, 4) is 0 Å². The summed E-state index contributed by atoms with van der Waals surface area (Å²) in [5, 5.41) is 3.01. The minimum Gasteiger partial charge on any atom is -0.346 e. The number of carbonyl (C=O) groups is 2. The van der Waals surface area contributed by atoms with E-state index in [9.17, 15) is 9.59 Å². The Morgan fingerprint density at radius 2 is 1.69 bits per heavy atom. The van der Waals surface area contributed by atoms with Gasteiger partial charge in [-0.05, 0) is 38.5 Å². The highest BCUT2D eigenvalue weighted by Crippen LogP contribution is 2.25. The summed E-state index contributed by atoms with van der Waals surface area (Å²) in [4.78, 5) is 29.1. The van der Waals surface area contributed by atoms with Gasteiger partial charge in [0.1, 0.15) is 5.82 Å². The molecule has 1 amide bonds. The number of benzene rings is 2. The van der Waals surface area contributed by atoms with Gasteiger partial charge in [0.2, 0.25) is 5.91 Å². The molecule has 1 N–H and O–H groups in total. The van der Waals surface area contributed by atoms with Crippen molar-refractivity contribution in [3.63, 3.8) is 0 Å². The van der Waals surface area contributed by atoms with Gasteiger partial charge in [-0.3, -0.25) is 9.59 Å². The molecule has 0 fully saturated rings. The topological polar surface area (TPSA) is 64.0 Å². The van der Waals surface area contributed by atoms with Crippen molar-refractivity contribution < 1.29 is 9.59 Å². The van der Waals surface area contributed by atoms with Gasteiger partial charge in [0, 0.05) is 0 Å². The average molecular weight is 349 g/mol. The maximum atomic E-state index is 12.4. The van der Waals surface area contributed by atoms with Crippen molar-refractivity contribution >= 4 is 22.7 Å². The first-order valence-corrected chi connectivity index (χ1v) is 8.78. The molecule has 3 rings (SSSR count). The monoisotopic (exact) mass is 349 g/mol. The molecule has 0 aliphatic carbocycles. The number of rotatable bonds is 6. The number of fused-ring (bicyclic) bond motifs is 1. The van der Waals surface area contributed by atoms with Crippen molar-refractivity contribution in [2.75, 3.05) is 0 Å². The first-order chi connectivity index (χ1) is 12.5. The Bertz CT molecular complexity index is 931. The Morgan fingerprint density at radius 1 is 1.04 bits per heavy atom. The minimum atomic E-state index is -0.342. The SMILES string of the molecule is CC(=O)C(C)n1c(C(C)NC(=O)Cc2ccccc2)nc2ccccc21. The zero-order valence-corrected chi connectivity index (χ0v) is 15.3. The largest absolute Gasteiger partial charge is 0.346 e. The van der Waals surface area contributed by atoms with Gasteiger partial charge in [0.15, 0.2) is 5.78 Å². The third-order valence-corrected chi connectivity index (χ3v) is 4.57. The van der Waals surface area contributed by atoms with Gasteiger partial charge in [0.25, 0.3) is 0 Å². The fourth-order valence-corrected chi connectivity index (χ4v) is 3.10. The lowest BCUT2D eigenvalue weighted by Gasteiger charge is -2.19. The molecule has 2 atom stereocenters. The molecular weight excluding hydrogens is 326 g/mol. The van der Waals surface area contributed by atoms with Gasteiger partial charge in [-0.25, -0.2) is 4.98 Å². The summed E-state index contributed by atoms with van der Waals surface area (Å²) in [6.45, 7) is 5.33. The molecule has 2 unspecified atom stereocenters. The second kappa shape index (κ2) is 7.52. The van der Waals surface area contributed by atoms with Crippen molar-refractivity contribution in [1.82, 2.24) is 14.9 Å². The van der Waals surface area contributed by atoms with Crippen LogP contribution in [0.25, 0.3) is 11.0 Å². The summed E-state index contributed by atoms with van der Waals surface area (Å²) >= 11 is 0. The van der Waals surface area contributed by atoms with E-state index in [0.29, 0.717) is 12.2 Å². The number of nitrogens with zero attached hydrogens (tertiary/aromatic N) is 2. The molecule has 2 aromatic carbocycles. The maximum Gasteiger partial charge on any atom is 0.224 e. The standard InChI is InChI=1S/C21H23N3O2/c1-14(22-20(26)13-17-9-5-4-6-10-17)21-23-18-11-7-8-12-19(18)24(21)15(2)16(3)25/h4-12,14-15H,13H2,1-3H3,(H,22,26). The first kappa shape index (κ1) is 17.9. The van der Waals surface area contributed by atoms with Crippen LogP contribution in [0.2, 0.25) is 0 Å². The predicted molar refractivity (Wildman–Crippen MR) is 102 cm³/mol. The van der Waals surface area contributed by atoms with Crippen LogP contribution in [0, 0.1) is 0 Å². The van der Waals surface area contributed by atoms with Gasteiger partial charge in [-0.1, -0.05) is 42.5 Å². The third-order valence-electron chi connectivity index (χ3n) is 4.57. The van der Waals surface area contributed by atoms with E-state index in [1.165, 1.54) is 0 Å². The molecule has 0 saturated heterocycles. The molecule has 1 heterocycles. The van der Waals surface area contributed by atoms with Gasteiger partial charge in [-0.15, -0.1) is 0 Å². The number of aromatic nitrogens is 2. The normalized spacial score (nSPS) is 13.3. The third kappa shape index (κ3) is 3.67. The van der Waals surface area contributed by atoms with E-state index in [0.717, 1.165) is 16.6 Å². The molecule has 0 aliphatic rings. The van der Waals surface area contributed by atoms with Crippen molar-refractivity contribution in [2.24, 2.45) is 0 Å². The van der Waals surface area contributed by atoms with Gasteiger partial charge in [0.05, 0.1) is 29.5 Å². The van der Waals surface area contributed by atoms with Crippen LogP contribution in [-0.2, 0) is 16.0 Å². The number of hydrogen-bond acceptors (Lipinski definition) is 3. The number of nitrogens with one attached hydrogen (secondary N) is 1. The number of Topliss-reactive ketones (excluding diaryl/α,β-unsaturated/α-hetero) is 1. The van der Waals surface area contributed by atoms with E-state index in [2.05, 4.69) is 10.3 Å². The molecule has 26 heavy (non-hydrogen) atoms. The Kier molecular flexibility index (Phi) is 5.16. The zero-order chi connectivity index (χ0) is 18.7. The highest BCUT2D eigenvalue weighted by atomic mass is 16.1. The lowest BCUT2D eigenvalue weighted by molar-refractivity contribution is -0.121. The van der Waals surface area contributed by atoms with Crippen LogP contribution < -0.4 is 5.32 Å². The van der Waals surface area contributed by atoms with Crippen molar-refractivity contribution in [3.05, 3.63) is 66.0 Å². The van der Waals surface area contributed by atoms with Crippen molar-refractivity contribution in [1.29, 1.82) is 0 Å². The van der Waals surface area contributed by atoms with E-state index in [1.54, 1.807) is 6.92 Å². The van der Waals surface area contributed by atoms with Crippen LogP contribution in [0.1, 0.15) is 44.2 Å². The molecule has 0 spiro atoms. The molecule has 0 radical (unpaired) electrons. The van der Waals surface area contributed by atoms with Crippen LogP contribution in [0.15, 0.2) is 54.6 Å². The van der Waals surface area contributed by atoms with Gasteiger partial charge >= 0.3 is 0 Å². The molecule has 134 valence electrons. The zero-order valence-electron chi connectivity index (χ0n) is 15.3. The second-order valence-corrected chi connectivity index (χ2v) is 6.57. The first-order valence-electron chi connectivity index (χ1n) is 8.78. The number of amides is 1. The van der Waals surface area contributed by atoms with Gasteiger partial charge in [-0.2, -0.15) is 0 Å². The Balaban J connectivity index is 1.87. The highest BCUT2D eigenvalue weighted by molar-refractivity contribution is 5.84. The molecule has 5 nitrogen and oxygen atoms in total. The Morgan fingerprint density at radius 3 is 2.38 bits per heavy atom. The van der Waals surface area contributed by atoms with Crippen molar-refractivity contribution in [2.45, 2.75) is 39.3 Å². The Labute approximate surface area is 153 Å². The Hall–Kier alpha value is -2.95. The number of ketones is 1. The number of hydrogen-bond donors (Lipinski definition) is 1. The molecule has 0 aliphatic heterocycles. The molecule has 0 saturated carbocycles. The lowest BCUT2D eigenvalue weighted by Crippen LogP contribution is -2.31. The number of para-hydroxylation sites is 2. The summed E-state index contributed by atoms with van der Waals surface area (Å²) < 4.78 is 1.92. The molecule has 5 heteroatoms. The van der Waals surface area contributed by atoms with Crippen LogP contribution in [0.5, 0.6) is 0 Å². The molecule has 1 aromatic heterocycles. The minimum absolute atomic E-state index is 0.0530. The predicted octanol–water partition coefficient (Wildman–Crippen LogP) is 3.61. The average Bonchev–Trinajstić information content (AvgIpc) is 3.01. The van der Waals surface area contributed by atoms with E-state index >= 15 is 0 Å². The summed E-state index contributed by atoms with van der Waals surface area (Å²) in [5.74, 6) is 0.672. The summed E-state index contributed by atoms with van der Waals surface area (Å²) in [5.41, 5.74) is 2.68. The number of imidazole rings is 1. The van der Waals surface area contributed by atoms with Crippen LogP contribution in [0.3, 0.4) is 0 Å². The van der Waals surface area contributed by atoms with Crippen LogP contribution in [-0.4, -0.2) is 21.2 Å². The van der Waals surface area contributed by atoms with E-state index in [1.807, 2.05) is 73.0 Å². The molecule has 3 aromatic rings. The van der Waals surface area contributed by atoms with Crippen LogP contribution >= 0.6 is 0 Å². The maximum absolute atomic E-state index is 12.4. The lowest BCUT2D eigenvalue weighted by atomic mass is 10.1. The van der Waals surface area contributed by atoms with E-state index in [4.69, 9.17) is 0 Å². The van der Waals surface area contributed by atoms with E-state index < -0.39 is 0 Å². The summed E-state index contributed by atoms with van der Waals surface area (Å²) in [6, 6.07) is 16.7. The van der Waals surface area contributed by atoms with Crippen LogP contribution in [0.4, 0.5) is 0 Å². The second-order valence-electron chi connectivity index (χ2n) is 6.57. The fraction of sp³-hybridized carbons (Fsp3) is 0.286. The van der Waals surface area contributed by atoms with Gasteiger partial charge < -0.3 is 9.88 Å².